The Morgan fingerprint density at radius 1 is 1.67 bits per heavy atom. The number of esters is 1. The molecule has 0 aromatic carbocycles. The summed E-state index contributed by atoms with van der Waals surface area (Å²) in [7, 11) is 2.07. The lowest BCUT2D eigenvalue weighted by Crippen LogP contribution is -2.42. The zero-order valence-electron chi connectivity index (χ0n) is 10.8. The summed E-state index contributed by atoms with van der Waals surface area (Å²) in [5.41, 5.74) is 0.487. The maximum absolute atomic E-state index is 11.5. The third kappa shape index (κ3) is 3.30. The molecule has 1 aromatic heterocycles. The van der Waals surface area contributed by atoms with E-state index in [0.717, 1.165) is 19.7 Å². The zero-order chi connectivity index (χ0) is 13.0. The minimum absolute atomic E-state index is 0.124. The molecule has 1 aromatic rings. The molecule has 1 aliphatic rings. The van der Waals surface area contributed by atoms with Crippen LogP contribution in [0.1, 0.15) is 17.3 Å². The molecule has 0 N–H and O–H groups in total. The lowest BCUT2D eigenvalue weighted by Gasteiger charge is -2.29. The highest BCUT2D eigenvalue weighted by molar-refractivity contribution is 5.88. The van der Waals surface area contributed by atoms with E-state index in [1.54, 1.807) is 17.8 Å². The lowest BCUT2D eigenvalue weighted by molar-refractivity contribution is -0.0290. The van der Waals surface area contributed by atoms with Gasteiger partial charge in [0, 0.05) is 19.3 Å². The highest BCUT2D eigenvalue weighted by Gasteiger charge is 2.19. The monoisotopic (exact) mass is 253 g/mol. The molecule has 0 amide bonds. The van der Waals surface area contributed by atoms with Crippen molar-refractivity contribution in [2.75, 3.05) is 33.4 Å². The van der Waals surface area contributed by atoms with Crippen LogP contribution in [0.25, 0.3) is 0 Å². The zero-order valence-corrected chi connectivity index (χ0v) is 10.8. The molecule has 18 heavy (non-hydrogen) atoms. The van der Waals surface area contributed by atoms with Crippen LogP contribution >= 0.6 is 0 Å². The van der Waals surface area contributed by atoms with Crippen molar-refractivity contribution in [2.24, 2.45) is 0 Å². The maximum Gasteiger partial charge on any atom is 0.341 e. The number of ether oxygens (including phenoxy) is 2. The van der Waals surface area contributed by atoms with Gasteiger partial charge in [-0.15, -0.1) is 0 Å². The van der Waals surface area contributed by atoms with Gasteiger partial charge in [-0.05, 0) is 14.0 Å². The van der Waals surface area contributed by atoms with Gasteiger partial charge in [0.2, 0.25) is 0 Å². The molecule has 6 heteroatoms. The van der Waals surface area contributed by atoms with E-state index in [0.29, 0.717) is 18.7 Å². The predicted octanol–water partition coefficient (Wildman–Crippen LogP) is 0.390. The molecule has 0 bridgehead atoms. The molecule has 0 aliphatic carbocycles. The molecule has 2 rings (SSSR count). The van der Waals surface area contributed by atoms with Crippen LogP contribution in [0.3, 0.4) is 0 Å². The first-order valence-corrected chi connectivity index (χ1v) is 6.18. The van der Waals surface area contributed by atoms with Crippen LogP contribution in [0, 0.1) is 0 Å². The van der Waals surface area contributed by atoms with Gasteiger partial charge < -0.3 is 14.4 Å². The van der Waals surface area contributed by atoms with Crippen LogP contribution in [0.2, 0.25) is 0 Å². The minimum atomic E-state index is -0.328. The molecule has 0 spiro atoms. The van der Waals surface area contributed by atoms with Gasteiger partial charge >= 0.3 is 5.97 Å². The summed E-state index contributed by atoms with van der Waals surface area (Å²) >= 11 is 0. The minimum Gasteiger partial charge on any atom is -0.462 e. The van der Waals surface area contributed by atoms with Crippen molar-refractivity contribution in [2.45, 2.75) is 19.6 Å². The molecule has 100 valence electrons. The van der Waals surface area contributed by atoms with E-state index in [1.165, 1.54) is 6.20 Å². The molecule has 6 nitrogen and oxygen atoms in total. The molecule has 1 atom stereocenters. The molecular weight excluding hydrogens is 234 g/mol. The Balaban J connectivity index is 1.91. The highest BCUT2D eigenvalue weighted by Crippen LogP contribution is 2.07. The molecule has 1 aliphatic heterocycles. The fourth-order valence-electron chi connectivity index (χ4n) is 1.97. The van der Waals surface area contributed by atoms with Crippen LogP contribution in [0.4, 0.5) is 0 Å². The quantitative estimate of drug-likeness (QED) is 0.727. The van der Waals surface area contributed by atoms with Crippen molar-refractivity contribution >= 4 is 5.97 Å². The largest absolute Gasteiger partial charge is 0.462 e. The topological polar surface area (TPSA) is 56.6 Å². The Kier molecular flexibility index (Phi) is 4.33. The summed E-state index contributed by atoms with van der Waals surface area (Å²) in [6, 6.07) is 0. The van der Waals surface area contributed by atoms with E-state index in [1.807, 2.05) is 0 Å². The Morgan fingerprint density at radius 2 is 2.50 bits per heavy atom. The van der Waals surface area contributed by atoms with E-state index >= 15 is 0 Å². The van der Waals surface area contributed by atoms with E-state index in [4.69, 9.17) is 9.47 Å². The maximum atomic E-state index is 11.5. The lowest BCUT2D eigenvalue weighted by atomic mass is 10.3. The van der Waals surface area contributed by atoms with Gasteiger partial charge in [0.25, 0.3) is 0 Å². The van der Waals surface area contributed by atoms with Crippen molar-refractivity contribution in [1.29, 1.82) is 0 Å². The van der Waals surface area contributed by atoms with Gasteiger partial charge in [0.1, 0.15) is 0 Å². The van der Waals surface area contributed by atoms with Gasteiger partial charge in [0.05, 0.1) is 37.6 Å². The average molecular weight is 253 g/mol. The summed E-state index contributed by atoms with van der Waals surface area (Å²) in [4.78, 5) is 13.7. The van der Waals surface area contributed by atoms with Crippen molar-refractivity contribution < 1.29 is 14.3 Å². The second-order valence-corrected chi connectivity index (χ2v) is 4.43. The third-order valence-corrected chi connectivity index (χ3v) is 2.88. The summed E-state index contributed by atoms with van der Waals surface area (Å²) < 4.78 is 12.3. The molecule has 1 fully saturated rings. The predicted molar refractivity (Wildman–Crippen MR) is 65.4 cm³/mol. The van der Waals surface area contributed by atoms with Crippen LogP contribution < -0.4 is 0 Å². The van der Waals surface area contributed by atoms with Crippen molar-refractivity contribution in [3.8, 4) is 0 Å². The molecule has 0 saturated carbocycles. The molecule has 1 saturated heterocycles. The van der Waals surface area contributed by atoms with Gasteiger partial charge in [-0.25, -0.2) is 4.79 Å². The molecule has 0 radical (unpaired) electrons. The fraction of sp³-hybridized carbons (Fsp3) is 0.667. The van der Waals surface area contributed by atoms with E-state index in [-0.39, 0.29) is 12.1 Å². The smallest absolute Gasteiger partial charge is 0.341 e. The molecular formula is C12H19N3O3. The Labute approximate surface area is 106 Å². The number of hydrogen-bond acceptors (Lipinski definition) is 5. The van der Waals surface area contributed by atoms with Gasteiger partial charge in [-0.2, -0.15) is 5.10 Å². The molecule has 1 unspecified atom stereocenters. The fourth-order valence-corrected chi connectivity index (χ4v) is 1.97. The highest BCUT2D eigenvalue weighted by atomic mass is 16.5. The van der Waals surface area contributed by atoms with Gasteiger partial charge in [-0.3, -0.25) is 4.68 Å². The Morgan fingerprint density at radius 3 is 3.22 bits per heavy atom. The molecule has 2 heterocycles. The number of carbonyl (C=O) groups is 1. The number of nitrogens with zero attached hydrogens (tertiary/aromatic N) is 3. The second kappa shape index (κ2) is 5.97. The summed E-state index contributed by atoms with van der Waals surface area (Å²) in [6.45, 7) is 5.41. The summed E-state index contributed by atoms with van der Waals surface area (Å²) in [5, 5.41) is 4.16. The summed E-state index contributed by atoms with van der Waals surface area (Å²) in [6.07, 6.45) is 3.36. The van der Waals surface area contributed by atoms with Crippen molar-refractivity contribution in [3.63, 3.8) is 0 Å². The Hall–Kier alpha value is -1.40. The third-order valence-electron chi connectivity index (χ3n) is 2.88. The van der Waals surface area contributed by atoms with E-state index in [2.05, 4.69) is 17.0 Å². The first kappa shape index (κ1) is 13.0. The van der Waals surface area contributed by atoms with E-state index in [9.17, 15) is 4.79 Å². The number of morpholine rings is 1. The SMILES string of the molecule is CCOC(=O)c1cnn(CC2CN(C)CCO2)c1. The number of hydrogen-bond donors (Lipinski definition) is 0. The first-order chi connectivity index (χ1) is 8.69. The summed E-state index contributed by atoms with van der Waals surface area (Å²) in [5.74, 6) is -0.328. The number of likely N-dealkylation sites (N-methyl/N-ethyl adjacent to an activating group) is 1. The van der Waals surface area contributed by atoms with Crippen molar-refractivity contribution in [1.82, 2.24) is 14.7 Å². The second-order valence-electron chi connectivity index (χ2n) is 4.43. The van der Waals surface area contributed by atoms with Gasteiger partial charge in [-0.1, -0.05) is 0 Å². The average Bonchev–Trinajstić information content (AvgIpc) is 2.78. The Bertz CT molecular complexity index is 405. The first-order valence-electron chi connectivity index (χ1n) is 6.18. The normalized spacial score (nSPS) is 20.9. The standard InChI is InChI=1S/C12H19N3O3/c1-3-17-12(16)10-6-13-15(7-10)9-11-8-14(2)4-5-18-11/h6-7,11H,3-5,8-9H2,1-2H3. The van der Waals surface area contributed by atoms with Crippen LogP contribution in [0.15, 0.2) is 12.4 Å². The van der Waals surface area contributed by atoms with Crippen LogP contribution in [-0.2, 0) is 16.0 Å². The van der Waals surface area contributed by atoms with Gasteiger partial charge in [0.15, 0.2) is 0 Å². The van der Waals surface area contributed by atoms with Crippen LogP contribution in [-0.4, -0.2) is 60.1 Å². The van der Waals surface area contributed by atoms with E-state index < -0.39 is 0 Å². The van der Waals surface area contributed by atoms with Crippen molar-refractivity contribution in [3.05, 3.63) is 18.0 Å². The number of aromatic nitrogens is 2. The van der Waals surface area contributed by atoms with Crippen LogP contribution in [0.5, 0.6) is 0 Å². The number of carbonyl (C=O) groups excluding carboxylic acids is 1. The number of rotatable bonds is 4.